The summed E-state index contributed by atoms with van der Waals surface area (Å²) in [5.41, 5.74) is 5.68. The van der Waals surface area contributed by atoms with Crippen molar-refractivity contribution in [2.75, 3.05) is 6.54 Å². The monoisotopic (exact) mass is 287 g/mol. The van der Waals surface area contributed by atoms with Gasteiger partial charge in [0.15, 0.2) is 0 Å². The predicted molar refractivity (Wildman–Crippen MR) is 65.9 cm³/mol. The smallest absolute Gasteiger partial charge is 0.147 e. The third-order valence-corrected chi connectivity index (χ3v) is 4.38. The van der Waals surface area contributed by atoms with Crippen LogP contribution in [-0.4, -0.2) is 11.7 Å². The van der Waals surface area contributed by atoms with Gasteiger partial charge in [-0.25, -0.2) is 0 Å². The van der Waals surface area contributed by atoms with Crippen LogP contribution in [0, 0.1) is 5.41 Å². The van der Waals surface area contributed by atoms with Crippen LogP contribution in [0.15, 0.2) is 21.2 Å². The highest BCUT2D eigenvalue weighted by atomic mass is 79.9. The first-order chi connectivity index (χ1) is 7.69. The van der Waals surface area contributed by atoms with Crippen LogP contribution in [0.2, 0.25) is 0 Å². The van der Waals surface area contributed by atoms with E-state index in [1.165, 1.54) is 6.42 Å². The Balaban J connectivity index is 2.24. The molecule has 0 spiro atoms. The number of furan rings is 1. The molecule has 1 heterocycles. The first kappa shape index (κ1) is 12.1. The SMILES string of the molecule is NCC1(C(O)c2occc2Br)CCCCC1. The van der Waals surface area contributed by atoms with Crippen molar-refractivity contribution in [1.82, 2.24) is 0 Å². The van der Waals surface area contributed by atoms with Gasteiger partial charge in [-0.3, -0.25) is 0 Å². The van der Waals surface area contributed by atoms with Gasteiger partial charge in [0, 0.05) is 12.0 Å². The zero-order valence-corrected chi connectivity index (χ0v) is 10.9. The minimum Gasteiger partial charge on any atom is -0.465 e. The normalized spacial score (nSPS) is 21.9. The maximum Gasteiger partial charge on any atom is 0.147 e. The summed E-state index contributed by atoms with van der Waals surface area (Å²) in [6.45, 7) is 0.515. The average Bonchev–Trinajstić information content (AvgIpc) is 2.75. The predicted octanol–water partition coefficient (Wildman–Crippen LogP) is 2.98. The molecule has 1 aromatic rings. The Kier molecular flexibility index (Phi) is 3.72. The van der Waals surface area contributed by atoms with Crippen LogP contribution in [0.4, 0.5) is 0 Å². The number of hydrogen-bond acceptors (Lipinski definition) is 3. The molecule has 1 fully saturated rings. The second-order valence-electron chi connectivity index (χ2n) is 4.66. The van der Waals surface area contributed by atoms with Gasteiger partial charge in [0.1, 0.15) is 11.9 Å². The number of halogens is 1. The Morgan fingerprint density at radius 1 is 1.44 bits per heavy atom. The molecule has 3 nitrogen and oxygen atoms in total. The largest absolute Gasteiger partial charge is 0.465 e. The Labute approximate surface area is 104 Å². The number of nitrogens with two attached hydrogens (primary N) is 1. The lowest BCUT2D eigenvalue weighted by molar-refractivity contribution is -0.0137. The van der Waals surface area contributed by atoms with Crippen molar-refractivity contribution in [3.05, 3.63) is 22.6 Å². The molecule has 0 radical (unpaired) electrons. The number of hydrogen-bond donors (Lipinski definition) is 2. The van der Waals surface area contributed by atoms with Gasteiger partial charge in [0.05, 0.1) is 10.7 Å². The quantitative estimate of drug-likeness (QED) is 0.899. The Bertz CT molecular complexity index is 345. The van der Waals surface area contributed by atoms with Crippen LogP contribution in [0.5, 0.6) is 0 Å². The number of aliphatic hydroxyl groups excluding tert-OH is 1. The first-order valence-corrected chi connectivity index (χ1v) is 6.60. The van der Waals surface area contributed by atoms with E-state index in [0.29, 0.717) is 12.3 Å². The summed E-state index contributed by atoms with van der Waals surface area (Å²) in [7, 11) is 0. The minimum absolute atomic E-state index is 0.196. The molecule has 1 unspecified atom stereocenters. The van der Waals surface area contributed by atoms with Crippen molar-refractivity contribution < 1.29 is 9.52 Å². The topological polar surface area (TPSA) is 59.4 Å². The van der Waals surface area contributed by atoms with Gasteiger partial charge < -0.3 is 15.3 Å². The van der Waals surface area contributed by atoms with Crippen molar-refractivity contribution in [1.29, 1.82) is 0 Å². The molecule has 1 atom stereocenters. The summed E-state index contributed by atoms with van der Waals surface area (Å²) < 4.78 is 6.19. The summed E-state index contributed by atoms with van der Waals surface area (Å²) in [6, 6.07) is 1.81. The molecule has 0 bridgehead atoms. The van der Waals surface area contributed by atoms with Crippen LogP contribution in [0.3, 0.4) is 0 Å². The van der Waals surface area contributed by atoms with Crippen molar-refractivity contribution in [3.63, 3.8) is 0 Å². The number of aliphatic hydroxyl groups is 1. The standard InChI is InChI=1S/C12H18BrNO2/c13-9-4-7-16-10(9)11(15)12(8-14)5-2-1-3-6-12/h4,7,11,15H,1-3,5-6,8,14H2. The summed E-state index contributed by atoms with van der Waals surface area (Å²) in [6.07, 6.45) is 6.50. The molecule has 3 N–H and O–H groups in total. The fourth-order valence-electron chi connectivity index (χ4n) is 2.62. The highest BCUT2D eigenvalue weighted by molar-refractivity contribution is 9.10. The molecule has 1 aliphatic carbocycles. The summed E-state index contributed by atoms with van der Waals surface area (Å²) in [5, 5.41) is 10.5. The van der Waals surface area contributed by atoms with Crippen molar-refractivity contribution in [3.8, 4) is 0 Å². The van der Waals surface area contributed by atoms with Gasteiger partial charge in [-0.1, -0.05) is 19.3 Å². The van der Waals surface area contributed by atoms with Gasteiger partial charge in [0.25, 0.3) is 0 Å². The Hall–Kier alpha value is -0.320. The summed E-state index contributed by atoms with van der Waals surface area (Å²) in [4.78, 5) is 0. The molecule has 0 aliphatic heterocycles. The zero-order valence-electron chi connectivity index (χ0n) is 9.29. The lowest BCUT2D eigenvalue weighted by atomic mass is 9.69. The molecule has 1 aliphatic rings. The Morgan fingerprint density at radius 3 is 2.62 bits per heavy atom. The third-order valence-electron chi connectivity index (χ3n) is 3.73. The molecule has 2 rings (SSSR count). The molecule has 1 saturated carbocycles. The van der Waals surface area contributed by atoms with Gasteiger partial charge in [-0.15, -0.1) is 0 Å². The summed E-state index contributed by atoms with van der Waals surface area (Å²) in [5.74, 6) is 0.618. The number of rotatable bonds is 3. The second-order valence-corrected chi connectivity index (χ2v) is 5.52. The van der Waals surface area contributed by atoms with Crippen LogP contribution >= 0.6 is 15.9 Å². The van der Waals surface area contributed by atoms with E-state index in [1.807, 2.05) is 6.07 Å². The minimum atomic E-state index is -0.595. The molecule has 0 saturated heterocycles. The van der Waals surface area contributed by atoms with E-state index in [9.17, 15) is 5.11 Å². The van der Waals surface area contributed by atoms with Crippen LogP contribution in [-0.2, 0) is 0 Å². The lowest BCUT2D eigenvalue weighted by Gasteiger charge is -2.39. The highest BCUT2D eigenvalue weighted by Gasteiger charge is 2.40. The van der Waals surface area contributed by atoms with Crippen molar-refractivity contribution in [2.45, 2.75) is 38.2 Å². The molecule has 4 heteroatoms. The molecule has 0 aromatic carbocycles. The molecular weight excluding hydrogens is 270 g/mol. The van der Waals surface area contributed by atoms with E-state index < -0.39 is 6.10 Å². The van der Waals surface area contributed by atoms with Gasteiger partial charge in [-0.05, 0) is 34.8 Å². The van der Waals surface area contributed by atoms with Crippen LogP contribution < -0.4 is 5.73 Å². The van der Waals surface area contributed by atoms with E-state index in [1.54, 1.807) is 6.26 Å². The van der Waals surface area contributed by atoms with Gasteiger partial charge in [0.2, 0.25) is 0 Å². The highest BCUT2D eigenvalue weighted by Crippen LogP contribution is 2.46. The fraction of sp³-hybridized carbons (Fsp3) is 0.667. The van der Waals surface area contributed by atoms with Gasteiger partial charge >= 0.3 is 0 Å². The molecular formula is C12H18BrNO2. The maximum atomic E-state index is 10.5. The van der Waals surface area contributed by atoms with E-state index >= 15 is 0 Å². The lowest BCUT2D eigenvalue weighted by Crippen LogP contribution is -2.38. The van der Waals surface area contributed by atoms with Crippen LogP contribution in [0.1, 0.15) is 44.0 Å². The fourth-order valence-corrected chi connectivity index (χ4v) is 3.04. The van der Waals surface area contributed by atoms with E-state index in [0.717, 1.165) is 30.2 Å². The molecule has 0 amide bonds. The summed E-state index contributed by atoms with van der Waals surface area (Å²) >= 11 is 3.39. The van der Waals surface area contributed by atoms with E-state index in [4.69, 9.17) is 10.2 Å². The molecule has 90 valence electrons. The molecule has 1 aromatic heterocycles. The van der Waals surface area contributed by atoms with Crippen molar-refractivity contribution in [2.24, 2.45) is 11.1 Å². The molecule has 16 heavy (non-hydrogen) atoms. The van der Waals surface area contributed by atoms with E-state index in [-0.39, 0.29) is 5.41 Å². The average molecular weight is 288 g/mol. The zero-order chi connectivity index (χ0) is 11.6. The first-order valence-electron chi connectivity index (χ1n) is 5.81. The van der Waals surface area contributed by atoms with Gasteiger partial charge in [-0.2, -0.15) is 0 Å². The van der Waals surface area contributed by atoms with Crippen molar-refractivity contribution >= 4 is 15.9 Å². The third kappa shape index (κ3) is 2.06. The Morgan fingerprint density at radius 2 is 2.12 bits per heavy atom. The van der Waals surface area contributed by atoms with Crippen LogP contribution in [0.25, 0.3) is 0 Å². The maximum absolute atomic E-state index is 10.5. The second kappa shape index (κ2) is 4.90. The van der Waals surface area contributed by atoms with E-state index in [2.05, 4.69) is 15.9 Å².